The van der Waals surface area contributed by atoms with Gasteiger partial charge in [0.25, 0.3) is 5.91 Å². The van der Waals surface area contributed by atoms with Gasteiger partial charge in [0.2, 0.25) is 10.0 Å². The predicted molar refractivity (Wildman–Crippen MR) is 120 cm³/mol. The average Bonchev–Trinajstić information content (AvgIpc) is 2.81. The minimum Gasteiger partial charge on any atom is -0.493 e. The van der Waals surface area contributed by atoms with Crippen molar-refractivity contribution in [3.05, 3.63) is 53.8 Å². The molecule has 0 bridgehead atoms. The summed E-state index contributed by atoms with van der Waals surface area (Å²) in [7, 11) is -0.458. The van der Waals surface area contributed by atoms with E-state index in [-0.39, 0.29) is 30.4 Å². The Labute approximate surface area is 188 Å². The Morgan fingerprint density at radius 3 is 2.38 bits per heavy atom. The molecule has 3 rings (SSSR count). The van der Waals surface area contributed by atoms with Crippen molar-refractivity contribution in [1.29, 1.82) is 0 Å². The van der Waals surface area contributed by atoms with Gasteiger partial charge in [-0.05, 0) is 36.8 Å². The van der Waals surface area contributed by atoms with Gasteiger partial charge in [0.05, 0.1) is 25.7 Å². The summed E-state index contributed by atoms with van der Waals surface area (Å²) in [6, 6.07) is 11.3. The number of methoxy groups -OCH3 is 2. The second-order valence-corrected chi connectivity index (χ2v) is 9.42. The highest BCUT2D eigenvalue weighted by molar-refractivity contribution is 7.89. The predicted octanol–water partition coefficient (Wildman–Crippen LogP) is 2.11. The fourth-order valence-electron chi connectivity index (χ4n) is 3.58. The highest BCUT2D eigenvalue weighted by Crippen LogP contribution is 2.27. The number of carbonyl (C=O) groups excluding carboxylic acids is 1. The lowest BCUT2D eigenvalue weighted by Crippen LogP contribution is -2.49. The summed E-state index contributed by atoms with van der Waals surface area (Å²) in [5.41, 5.74) is 0.886. The number of piperazine rings is 1. The number of sulfonamides is 1. The maximum atomic E-state index is 14.0. The van der Waals surface area contributed by atoms with E-state index in [1.54, 1.807) is 36.4 Å². The molecule has 2 aromatic carbocycles. The summed E-state index contributed by atoms with van der Waals surface area (Å²) < 4.78 is 51.0. The molecule has 1 N–H and O–H groups in total. The van der Waals surface area contributed by atoms with Gasteiger partial charge in [0, 0.05) is 38.3 Å². The average molecular weight is 466 g/mol. The SMILES string of the molecule is COc1ccc(C(=O)NCCCS(=O)(=O)N2CCN(c3ccccc3F)CC2)cc1OC. The lowest BCUT2D eigenvalue weighted by Gasteiger charge is -2.35. The van der Waals surface area contributed by atoms with Crippen LogP contribution in [-0.4, -0.2) is 71.3 Å². The van der Waals surface area contributed by atoms with Crippen LogP contribution in [0.1, 0.15) is 16.8 Å². The van der Waals surface area contributed by atoms with Crippen molar-refractivity contribution in [1.82, 2.24) is 9.62 Å². The maximum Gasteiger partial charge on any atom is 0.251 e. The van der Waals surface area contributed by atoms with Crippen LogP contribution in [0.3, 0.4) is 0 Å². The first kappa shape index (κ1) is 23.8. The minimum absolute atomic E-state index is 0.0705. The van der Waals surface area contributed by atoms with Gasteiger partial charge in [-0.15, -0.1) is 0 Å². The Balaban J connectivity index is 1.46. The van der Waals surface area contributed by atoms with Gasteiger partial charge < -0.3 is 19.7 Å². The van der Waals surface area contributed by atoms with Crippen LogP contribution >= 0.6 is 0 Å². The Bertz CT molecular complexity index is 1040. The summed E-state index contributed by atoms with van der Waals surface area (Å²) in [4.78, 5) is 14.2. The van der Waals surface area contributed by atoms with Crippen LogP contribution in [0.5, 0.6) is 11.5 Å². The molecule has 0 radical (unpaired) electrons. The van der Waals surface area contributed by atoms with Gasteiger partial charge in [0.1, 0.15) is 5.82 Å². The van der Waals surface area contributed by atoms with Crippen molar-refractivity contribution in [2.75, 3.05) is 57.6 Å². The molecule has 0 unspecified atom stereocenters. The lowest BCUT2D eigenvalue weighted by molar-refractivity contribution is 0.0953. The van der Waals surface area contributed by atoms with Crippen LogP contribution in [0, 0.1) is 5.82 Å². The molecular weight excluding hydrogens is 437 g/mol. The van der Waals surface area contributed by atoms with Crippen LogP contribution < -0.4 is 19.7 Å². The molecule has 1 heterocycles. The smallest absolute Gasteiger partial charge is 0.251 e. The molecule has 10 heteroatoms. The second kappa shape index (κ2) is 10.6. The number of hydrogen-bond donors (Lipinski definition) is 1. The Morgan fingerprint density at radius 1 is 1.03 bits per heavy atom. The zero-order valence-corrected chi connectivity index (χ0v) is 19.0. The van der Waals surface area contributed by atoms with Crippen LogP contribution in [0.15, 0.2) is 42.5 Å². The largest absolute Gasteiger partial charge is 0.493 e. The number of nitrogens with one attached hydrogen (secondary N) is 1. The molecule has 0 saturated carbocycles. The van der Waals surface area contributed by atoms with Crippen LogP contribution in [-0.2, 0) is 10.0 Å². The van der Waals surface area contributed by atoms with E-state index < -0.39 is 10.0 Å². The van der Waals surface area contributed by atoms with Gasteiger partial charge in [-0.3, -0.25) is 4.79 Å². The number of hydrogen-bond acceptors (Lipinski definition) is 6. The van der Waals surface area contributed by atoms with Gasteiger partial charge in [-0.1, -0.05) is 12.1 Å². The molecule has 0 spiro atoms. The van der Waals surface area contributed by atoms with Crippen molar-refractivity contribution < 1.29 is 27.1 Å². The molecule has 0 aromatic heterocycles. The van der Waals surface area contributed by atoms with Crippen LogP contribution in [0.4, 0.5) is 10.1 Å². The van der Waals surface area contributed by atoms with Crippen molar-refractivity contribution in [3.8, 4) is 11.5 Å². The number of benzene rings is 2. The molecular formula is C22H28FN3O5S. The summed E-state index contributed by atoms with van der Waals surface area (Å²) in [6.45, 7) is 1.68. The summed E-state index contributed by atoms with van der Waals surface area (Å²) in [5.74, 6) is 0.261. The molecule has 0 aliphatic carbocycles. The summed E-state index contributed by atoms with van der Waals surface area (Å²) in [5, 5.41) is 2.73. The third-order valence-electron chi connectivity index (χ3n) is 5.34. The standard InChI is InChI=1S/C22H28FN3O5S/c1-30-20-9-8-17(16-21(20)31-2)22(27)24-10-5-15-32(28,29)26-13-11-25(12-14-26)19-7-4-3-6-18(19)23/h3-4,6-9,16H,5,10-15H2,1-2H3,(H,24,27). The number of amides is 1. The highest BCUT2D eigenvalue weighted by atomic mass is 32.2. The molecule has 174 valence electrons. The monoisotopic (exact) mass is 465 g/mol. The zero-order chi connectivity index (χ0) is 23.1. The van der Waals surface area contributed by atoms with Gasteiger partial charge in [0.15, 0.2) is 11.5 Å². The quantitative estimate of drug-likeness (QED) is 0.571. The fraction of sp³-hybridized carbons (Fsp3) is 0.409. The lowest BCUT2D eigenvalue weighted by atomic mass is 10.2. The first-order valence-electron chi connectivity index (χ1n) is 10.3. The van der Waals surface area contributed by atoms with Gasteiger partial charge in [-0.25, -0.2) is 12.8 Å². The number of anilines is 1. The Kier molecular flexibility index (Phi) is 7.92. The molecule has 1 fully saturated rings. The van der Waals surface area contributed by atoms with Crippen molar-refractivity contribution in [2.45, 2.75) is 6.42 Å². The number of rotatable bonds is 9. The first-order chi connectivity index (χ1) is 15.4. The van der Waals surface area contributed by atoms with E-state index in [1.807, 2.05) is 4.90 Å². The molecule has 1 saturated heterocycles. The summed E-state index contributed by atoms with van der Waals surface area (Å²) in [6.07, 6.45) is 0.287. The van der Waals surface area contributed by atoms with E-state index in [1.165, 1.54) is 24.6 Å². The Hall–Kier alpha value is -2.85. The Morgan fingerprint density at radius 2 is 1.72 bits per heavy atom. The number of halogens is 1. The van der Waals surface area contributed by atoms with Gasteiger partial charge >= 0.3 is 0 Å². The van der Waals surface area contributed by atoms with E-state index in [4.69, 9.17) is 9.47 Å². The normalized spacial score (nSPS) is 14.8. The van der Waals surface area contributed by atoms with E-state index in [9.17, 15) is 17.6 Å². The van der Waals surface area contributed by atoms with Crippen LogP contribution in [0.2, 0.25) is 0 Å². The van der Waals surface area contributed by atoms with Crippen molar-refractivity contribution in [3.63, 3.8) is 0 Å². The van der Waals surface area contributed by atoms with E-state index in [2.05, 4.69) is 5.32 Å². The molecule has 1 amide bonds. The molecule has 2 aromatic rings. The molecule has 8 nitrogen and oxygen atoms in total. The number of para-hydroxylation sites is 1. The fourth-order valence-corrected chi connectivity index (χ4v) is 5.07. The van der Waals surface area contributed by atoms with E-state index >= 15 is 0 Å². The first-order valence-corrected chi connectivity index (χ1v) is 11.9. The molecule has 32 heavy (non-hydrogen) atoms. The van der Waals surface area contributed by atoms with E-state index in [0.29, 0.717) is 48.9 Å². The highest BCUT2D eigenvalue weighted by Gasteiger charge is 2.27. The third kappa shape index (κ3) is 5.68. The minimum atomic E-state index is -3.46. The maximum absolute atomic E-state index is 14.0. The topological polar surface area (TPSA) is 88.2 Å². The van der Waals surface area contributed by atoms with Crippen LogP contribution in [0.25, 0.3) is 0 Å². The number of nitrogens with zero attached hydrogens (tertiary/aromatic N) is 2. The van der Waals surface area contributed by atoms with Gasteiger partial charge in [-0.2, -0.15) is 4.31 Å². The molecule has 1 aliphatic heterocycles. The molecule has 1 aliphatic rings. The van der Waals surface area contributed by atoms with E-state index in [0.717, 1.165) is 0 Å². The van der Waals surface area contributed by atoms with Crippen molar-refractivity contribution in [2.24, 2.45) is 0 Å². The molecule has 0 atom stereocenters. The number of carbonyl (C=O) groups is 1. The summed E-state index contributed by atoms with van der Waals surface area (Å²) >= 11 is 0. The third-order valence-corrected chi connectivity index (χ3v) is 7.29. The second-order valence-electron chi connectivity index (χ2n) is 7.33. The number of ether oxygens (including phenoxy) is 2. The zero-order valence-electron chi connectivity index (χ0n) is 18.2. The van der Waals surface area contributed by atoms with Crippen molar-refractivity contribution >= 4 is 21.6 Å².